The summed E-state index contributed by atoms with van der Waals surface area (Å²) >= 11 is 6.11. The molecule has 0 aliphatic heterocycles. The van der Waals surface area contributed by atoms with E-state index < -0.39 is 33.5 Å². The Morgan fingerprint density at radius 2 is 1.69 bits per heavy atom. The van der Waals surface area contributed by atoms with Crippen molar-refractivity contribution >= 4 is 44.8 Å². The van der Waals surface area contributed by atoms with E-state index in [1.807, 2.05) is 31.2 Å². The van der Waals surface area contributed by atoms with Gasteiger partial charge in [-0.1, -0.05) is 73.1 Å². The van der Waals surface area contributed by atoms with Crippen molar-refractivity contribution in [2.24, 2.45) is 11.3 Å². The molecule has 2 amide bonds. The third-order valence-corrected chi connectivity index (χ3v) is 11.4. The maximum atomic E-state index is 15.5. The quantitative estimate of drug-likeness (QED) is 0.126. The molecule has 4 aromatic rings. The van der Waals surface area contributed by atoms with Crippen molar-refractivity contribution in [1.82, 2.24) is 5.32 Å². The van der Waals surface area contributed by atoms with Gasteiger partial charge >= 0.3 is 0 Å². The van der Waals surface area contributed by atoms with Crippen LogP contribution in [0.3, 0.4) is 0 Å². The molecule has 1 saturated carbocycles. The first-order chi connectivity index (χ1) is 24.3. The van der Waals surface area contributed by atoms with E-state index in [1.165, 1.54) is 30.9 Å². The first kappa shape index (κ1) is 36.5. The average molecular weight is 729 g/mol. The van der Waals surface area contributed by atoms with Gasteiger partial charge in [0.1, 0.15) is 5.82 Å². The minimum absolute atomic E-state index is 0.0696. The molecule has 51 heavy (non-hydrogen) atoms. The molecule has 6 rings (SSSR count). The molecular weight excluding hydrogens is 687 g/mol. The summed E-state index contributed by atoms with van der Waals surface area (Å²) in [6, 6.07) is 24.9. The van der Waals surface area contributed by atoms with Crippen LogP contribution in [0.25, 0.3) is 16.7 Å². The summed E-state index contributed by atoms with van der Waals surface area (Å²) in [4.78, 5) is 26.5. The Kier molecular flexibility index (Phi) is 10.8. The number of aryl methyl sites for hydroxylation is 1. The van der Waals surface area contributed by atoms with E-state index in [9.17, 15) is 18.0 Å². The van der Waals surface area contributed by atoms with E-state index in [4.69, 9.17) is 16.2 Å². The SMILES string of the molecule is Cc1cc(Cl)ccc1-c1ccc(NC(=O)[C@H](Cc2ccc(C(=O)NCCS(=O)(=O)O)cc2)c2ccc(C3=CCC(C4(C)CC4)CC3)cc2)c(F)c1. The van der Waals surface area contributed by atoms with E-state index in [0.717, 1.165) is 46.6 Å². The number of anilines is 1. The van der Waals surface area contributed by atoms with E-state index in [2.05, 4.69) is 35.8 Å². The number of carbonyl (C=O) groups excluding carboxylic acids is 2. The van der Waals surface area contributed by atoms with Crippen molar-refractivity contribution in [2.45, 2.75) is 58.3 Å². The highest BCUT2D eigenvalue weighted by atomic mass is 35.5. The fourth-order valence-corrected chi connectivity index (χ4v) is 7.59. The second kappa shape index (κ2) is 15.1. The minimum Gasteiger partial charge on any atom is -0.351 e. The summed E-state index contributed by atoms with van der Waals surface area (Å²) in [6.45, 7) is 4.07. The lowest BCUT2D eigenvalue weighted by atomic mass is 9.78. The predicted octanol–water partition coefficient (Wildman–Crippen LogP) is 9.02. The number of amides is 2. The molecule has 1 fully saturated rings. The molecule has 2 atom stereocenters. The van der Waals surface area contributed by atoms with Crippen LogP contribution in [0.2, 0.25) is 5.02 Å². The molecule has 0 aromatic heterocycles. The summed E-state index contributed by atoms with van der Waals surface area (Å²) in [5, 5.41) is 5.89. The second-order valence-electron chi connectivity index (χ2n) is 14.1. The minimum atomic E-state index is -4.20. The van der Waals surface area contributed by atoms with Crippen molar-refractivity contribution in [1.29, 1.82) is 0 Å². The van der Waals surface area contributed by atoms with Gasteiger partial charge in [0.15, 0.2) is 0 Å². The van der Waals surface area contributed by atoms with Gasteiger partial charge in [0.25, 0.3) is 16.0 Å². The molecule has 0 spiro atoms. The summed E-state index contributed by atoms with van der Waals surface area (Å²) in [5.41, 5.74) is 7.31. The molecule has 0 saturated heterocycles. The molecule has 3 N–H and O–H groups in total. The number of hydrogen-bond donors (Lipinski definition) is 3. The zero-order valence-electron chi connectivity index (χ0n) is 28.7. The van der Waals surface area contributed by atoms with Crippen LogP contribution in [0.4, 0.5) is 10.1 Å². The highest BCUT2D eigenvalue weighted by Gasteiger charge is 2.44. The Morgan fingerprint density at radius 1 is 0.980 bits per heavy atom. The van der Waals surface area contributed by atoms with Gasteiger partial charge in [0.05, 0.1) is 17.4 Å². The fourth-order valence-electron chi connectivity index (χ4n) is 7.00. The van der Waals surface area contributed by atoms with Gasteiger partial charge < -0.3 is 10.6 Å². The number of carbonyl (C=O) groups is 2. The molecule has 7 nitrogen and oxygen atoms in total. The molecular formula is C41H42ClFN2O5S. The van der Waals surface area contributed by atoms with Crippen LogP contribution in [0.1, 0.15) is 77.6 Å². The summed E-state index contributed by atoms with van der Waals surface area (Å²) in [7, 11) is -4.20. The Bertz CT molecular complexity index is 2080. The molecule has 0 bridgehead atoms. The first-order valence-electron chi connectivity index (χ1n) is 17.3. The van der Waals surface area contributed by atoms with E-state index in [-0.39, 0.29) is 24.6 Å². The molecule has 0 heterocycles. The maximum absolute atomic E-state index is 15.5. The van der Waals surface area contributed by atoms with Gasteiger partial charge in [0, 0.05) is 17.1 Å². The molecule has 2 aliphatic rings. The van der Waals surface area contributed by atoms with Crippen LogP contribution in [0.15, 0.2) is 91.0 Å². The maximum Gasteiger partial charge on any atom is 0.266 e. The predicted molar refractivity (Wildman–Crippen MR) is 201 cm³/mol. The molecule has 0 radical (unpaired) electrons. The third kappa shape index (κ3) is 9.14. The normalized spacial score (nSPS) is 17.3. The zero-order valence-corrected chi connectivity index (χ0v) is 30.3. The van der Waals surface area contributed by atoms with Crippen LogP contribution < -0.4 is 10.6 Å². The van der Waals surface area contributed by atoms with Gasteiger partial charge in [-0.05, 0) is 132 Å². The van der Waals surface area contributed by atoms with E-state index in [1.54, 1.807) is 42.5 Å². The molecule has 266 valence electrons. The van der Waals surface area contributed by atoms with Crippen LogP contribution in [0.5, 0.6) is 0 Å². The first-order valence-corrected chi connectivity index (χ1v) is 19.3. The smallest absolute Gasteiger partial charge is 0.266 e. The molecule has 2 aliphatic carbocycles. The Morgan fingerprint density at radius 3 is 2.29 bits per heavy atom. The van der Waals surface area contributed by atoms with Gasteiger partial charge in [0.2, 0.25) is 5.91 Å². The van der Waals surface area contributed by atoms with Crippen molar-refractivity contribution in [3.8, 4) is 11.1 Å². The zero-order chi connectivity index (χ0) is 36.3. The molecule has 1 unspecified atom stereocenters. The lowest BCUT2D eigenvalue weighted by Gasteiger charge is -2.27. The number of nitrogens with one attached hydrogen (secondary N) is 2. The van der Waals surface area contributed by atoms with Crippen molar-refractivity contribution in [2.75, 3.05) is 17.6 Å². The lowest BCUT2D eigenvalue weighted by Crippen LogP contribution is -2.28. The molecule has 10 heteroatoms. The van der Waals surface area contributed by atoms with Crippen molar-refractivity contribution in [3.05, 3.63) is 130 Å². The van der Waals surface area contributed by atoms with Crippen molar-refractivity contribution < 1.29 is 27.0 Å². The van der Waals surface area contributed by atoms with Crippen LogP contribution in [-0.4, -0.2) is 37.1 Å². The van der Waals surface area contributed by atoms with Crippen molar-refractivity contribution in [3.63, 3.8) is 0 Å². The average Bonchev–Trinajstić information content (AvgIpc) is 3.86. The van der Waals surface area contributed by atoms with Crippen LogP contribution in [0, 0.1) is 24.1 Å². The number of benzene rings is 4. The van der Waals surface area contributed by atoms with Gasteiger partial charge in [-0.2, -0.15) is 8.42 Å². The third-order valence-electron chi connectivity index (χ3n) is 10.5. The number of hydrogen-bond acceptors (Lipinski definition) is 4. The second-order valence-corrected chi connectivity index (χ2v) is 16.1. The number of allylic oxidation sites excluding steroid dienone is 2. The highest BCUT2D eigenvalue weighted by molar-refractivity contribution is 7.85. The summed E-state index contributed by atoms with van der Waals surface area (Å²) in [5.74, 6) is -1.94. The summed E-state index contributed by atoms with van der Waals surface area (Å²) < 4.78 is 46.4. The fraction of sp³-hybridized carbons (Fsp3) is 0.317. The Labute approximate surface area is 304 Å². The Balaban J connectivity index is 1.21. The standard InChI is InChI=1S/C41H42ClFN2O5S/c1-26-23-34(42)16-17-35(26)32-13-18-38(37(43)25-32)45-40(47)36(24-27-3-5-31(6-4-27)39(46)44-21-22-51(48,49)50)30-9-7-28(8-10-30)29-11-14-33(15-12-29)41(2)19-20-41/h3-11,13,16-18,23,25,33,36H,12,14-15,19-22,24H2,1-2H3,(H,44,46)(H,45,47)(H,48,49,50)/t33?,36-/m1/s1. The number of halogens is 2. The largest absolute Gasteiger partial charge is 0.351 e. The lowest BCUT2D eigenvalue weighted by molar-refractivity contribution is -0.117. The molecule has 4 aromatic carbocycles. The Hall–Kier alpha value is -4.31. The summed E-state index contributed by atoms with van der Waals surface area (Å²) in [6.07, 6.45) is 8.60. The monoisotopic (exact) mass is 728 g/mol. The van der Waals surface area contributed by atoms with Crippen LogP contribution in [-0.2, 0) is 21.3 Å². The van der Waals surface area contributed by atoms with E-state index in [0.29, 0.717) is 21.6 Å². The number of rotatable bonds is 12. The van der Waals surface area contributed by atoms with Gasteiger partial charge in [-0.25, -0.2) is 4.39 Å². The van der Waals surface area contributed by atoms with Gasteiger partial charge in [-0.3, -0.25) is 14.1 Å². The van der Waals surface area contributed by atoms with Crippen LogP contribution >= 0.6 is 11.6 Å². The topological polar surface area (TPSA) is 113 Å². The highest BCUT2D eigenvalue weighted by Crippen LogP contribution is 2.56. The van der Waals surface area contributed by atoms with E-state index >= 15 is 4.39 Å². The van der Waals surface area contributed by atoms with Gasteiger partial charge in [-0.15, -0.1) is 0 Å².